The van der Waals surface area contributed by atoms with Gasteiger partial charge in [-0.3, -0.25) is 4.79 Å². The first-order valence-electron chi connectivity index (χ1n) is 7.58. The molecule has 1 aliphatic heterocycles. The standard InChI is InChI=1S/C17H26N2O/c1-11-8-13(3)16(14(4)9-11)17(20)19-10-15-12(2)6-5-7-18-15/h8-9,12,15,18H,5-7,10H2,1-4H3,(H,19,20). The van der Waals surface area contributed by atoms with E-state index in [1.165, 1.54) is 18.4 Å². The second kappa shape index (κ2) is 6.40. The first-order chi connectivity index (χ1) is 9.49. The van der Waals surface area contributed by atoms with E-state index >= 15 is 0 Å². The van der Waals surface area contributed by atoms with Gasteiger partial charge in [-0.15, -0.1) is 0 Å². The van der Waals surface area contributed by atoms with Gasteiger partial charge in [-0.25, -0.2) is 0 Å². The zero-order valence-electron chi connectivity index (χ0n) is 13.0. The number of carbonyl (C=O) groups excluding carboxylic acids is 1. The molecule has 1 aromatic rings. The van der Waals surface area contributed by atoms with Crippen LogP contribution in [0.25, 0.3) is 0 Å². The van der Waals surface area contributed by atoms with Gasteiger partial charge in [0, 0.05) is 18.2 Å². The Labute approximate surface area is 122 Å². The first kappa shape index (κ1) is 15.0. The third-order valence-corrected chi connectivity index (χ3v) is 4.32. The molecule has 1 saturated heterocycles. The highest BCUT2D eigenvalue weighted by Gasteiger charge is 2.22. The van der Waals surface area contributed by atoms with Crippen molar-refractivity contribution in [2.24, 2.45) is 5.92 Å². The van der Waals surface area contributed by atoms with Gasteiger partial charge in [0.25, 0.3) is 5.91 Å². The number of hydrogen-bond donors (Lipinski definition) is 2. The predicted octanol–water partition coefficient (Wildman–Crippen LogP) is 2.73. The van der Waals surface area contributed by atoms with E-state index in [0.717, 1.165) is 23.2 Å². The lowest BCUT2D eigenvalue weighted by Crippen LogP contribution is -2.47. The second-order valence-electron chi connectivity index (χ2n) is 6.16. The highest BCUT2D eigenvalue weighted by Crippen LogP contribution is 2.17. The van der Waals surface area contributed by atoms with Crippen LogP contribution in [-0.2, 0) is 0 Å². The molecule has 0 aromatic heterocycles. The molecule has 3 heteroatoms. The molecule has 0 spiro atoms. The zero-order chi connectivity index (χ0) is 14.7. The Morgan fingerprint density at radius 2 is 1.95 bits per heavy atom. The molecule has 3 nitrogen and oxygen atoms in total. The Bertz CT molecular complexity index is 473. The van der Waals surface area contributed by atoms with Crippen molar-refractivity contribution >= 4 is 5.91 Å². The van der Waals surface area contributed by atoms with Crippen LogP contribution in [0.1, 0.15) is 46.8 Å². The Kier molecular flexibility index (Phi) is 4.81. The maximum atomic E-state index is 12.4. The Hall–Kier alpha value is -1.35. The van der Waals surface area contributed by atoms with E-state index < -0.39 is 0 Å². The fourth-order valence-corrected chi connectivity index (χ4v) is 3.22. The van der Waals surface area contributed by atoms with Gasteiger partial charge in [-0.2, -0.15) is 0 Å². The molecule has 2 rings (SSSR count). The minimum atomic E-state index is 0.0552. The van der Waals surface area contributed by atoms with Gasteiger partial charge in [0.2, 0.25) is 0 Å². The molecule has 0 radical (unpaired) electrons. The van der Waals surface area contributed by atoms with Crippen molar-refractivity contribution in [3.63, 3.8) is 0 Å². The van der Waals surface area contributed by atoms with E-state index in [4.69, 9.17) is 0 Å². The molecule has 0 aliphatic carbocycles. The van der Waals surface area contributed by atoms with Crippen LogP contribution in [0.2, 0.25) is 0 Å². The summed E-state index contributed by atoms with van der Waals surface area (Å²) in [6, 6.07) is 4.55. The first-order valence-corrected chi connectivity index (χ1v) is 7.58. The number of aryl methyl sites for hydroxylation is 3. The molecule has 110 valence electrons. The summed E-state index contributed by atoms with van der Waals surface area (Å²) in [4.78, 5) is 12.4. The zero-order valence-corrected chi connectivity index (χ0v) is 13.0. The Morgan fingerprint density at radius 3 is 2.55 bits per heavy atom. The molecule has 1 heterocycles. The van der Waals surface area contributed by atoms with Gasteiger partial charge in [0.15, 0.2) is 0 Å². The van der Waals surface area contributed by atoms with E-state index in [1.54, 1.807) is 0 Å². The summed E-state index contributed by atoms with van der Waals surface area (Å²) in [7, 11) is 0. The van der Waals surface area contributed by atoms with Gasteiger partial charge >= 0.3 is 0 Å². The van der Waals surface area contributed by atoms with Gasteiger partial charge in [0.1, 0.15) is 0 Å². The molecular formula is C17H26N2O. The minimum Gasteiger partial charge on any atom is -0.350 e. The molecule has 2 N–H and O–H groups in total. The monoisotopic (exact) mass is 274 g/mol. The third-order valence-electron chi connectivity index (χ3n) is 4.32. The highest BCUT2D eigenvalue weighted by molar-refractivity contribution is 5.97. The average Bonchev–Trinajstić information content (AvgIpc) is 2.36. The molecular weight excluding hydrogens is 248 g/mol. The van der Waals surface area contributed by atoms with Crippen molar-refractivity contribution in [2.45, 2.75) is 46.6 Å². The third kappa shape index (κ3) is 3.40. The summed E-state index contributed by atoms with van der Waals surface area (Å²) in [6.45, 7) is 10.1. The lowest BCUT2D eigenvalue weighted by atomic mass is 9.92. The van der Waals surface area contributed by atoms with Crippen LogP contribution in [0.4, 0.5) is 0 Å². The summed E-state index contributed by atoms with van der Waals surface area (Å²) in [5.74, 6) is 0.684. The smallest absolute Gasteiger partial charge is 0.251 e. The van der Waals surface area contributed by atoms with Crippen LogP contribution in [0.15, 0.2) is 12.1 Å². The Balaban J connectivity index is 2.02. The van der Waals surface area contributed by atoms with Crippen LogP contribution in [0.5, 0.6) is 0 Å². The second-order valence-corrected chi connectivity index (χ2v) is 6.16. The normalized spacial score (nSPS) is 22.6. The number of benzene rings is 1. The molecule has 0 saturated carbocycles. The molecule has 20 heavy (non-hydrogen) atoms. The molecule has 1 amide bonds. The predicted molar refractivity (Wildman–Crippen MR) is 83.2 cm³/mol. The van der Waals surface area contributed by atoms with Crippen molar-refractivity contribution in [3.8, 4) is 0 Å². The molecule has 0 bridgehead atoms. The summed E-state index contributed by atoms with van der Waals surface area (Å²) in [5.41, 5.74) is 4.16. The maximum absolute atomic E-state index is 12.4. The number of carbonyl (C=O) groups is 1. The summed E-state index contributed by atoms with van der Waals surface area (Å²) < 4.78 is 0. The quantitative estimate of drug-likeness (QED) is 0.890. The average molecular weight is 274 g/mol. The van der Waals surface area contributed by atoms with Crippen molar-refractivity contribution in [3.05, 3.63) is 34.4 Å². The lowest BCUT2D eigenvalue weighted by molar-refractivity contribution is 0.0942. The van der Waals surface area contributed by atoms with Crippen LogP contribution in [0, 0.1) is 26.7 Å². The van der Waals surface area contributed by atoms with E-state index in [0.29, 0.717) is 18.5 Å². The summed E-state index contributed by atoms with van der Waals surface area (Å²) in [6.07, 6.45) is 2.48. The van der Waals surface area contributed by atoms with E-state index in [-0.39, 0.29) is 5.91 Å². The fraction of sp³-hybridized carbons (Fsp3) is 0.588. The summed E-state index contributed by atoms with van der Waals surface area (Å²) in [5, 5.41) is 6.60. The molecule has 1 aromatic carbocycles. The van der Waals surface area contributed by atoms with Crippen molar-refractivity contribution < 1.29 is 4.79 Å². The van der Waals surface area contributed by atoms with Crippen LogP contribution >= 0.6 is 0 Å². The van der Waals surface area contributed by atoms with Crippen molar-refractivity contribution in [2.75, 3.05) is 13.1 Å². The maximum Gasteiger partial charge on any atom is 0.251 e. The number of nitrogens with one attached hydrogen (secondary N) is 2. The van der Waals surface area contributed by atoms with E-state index in [9.17, 15) is 4.79 Å². The van der Waals surface area contributed by atoms with Crippen LogP contribution in [0.3, 0.4) is 0 Å². The summed E-state index contributed by atoms with van der Waals surface area (Å²) >= 11 is 0. The van der Waals surface area contributed by atoms with Crippen molar-refractivity contribution in [1.82, 2.24) is 10.6 Å². The number of rotatable bonds is 3. The SMILES string of the molecule is Cc1cc(C)c(C(=O)NCC2NCCCC2C)c(C)c1. The van der Waals surface area contributed by atoms with Crippen LogP contribution in [-0.4, -0.2) is 25.0 Å². The topological polar surface area (TPSA) is 41.1 Å². The molecule has 1 fully saturated rings. The Morgan fingerprint density at radius 1 is 1.30 bits per heavy atom. The van der Waals surface area contributed by atoms with Gasteiger partial charge in [-0.05, 0) is 57.2 Å². The van der Waals surface area contributed by atoms with Gasteiger partial charge in [-0.1, -0.05) is 24.6 Å². The minimum absolute atomic E-state index is 0.0552. The highest BCUT2D eigenvalue weighted by atomic mass is 16.1. The van der Waals surface area contributed by atoms with Gasteiger partial charge in [0.05, 0.1) is 0 Å². The number of amides is 1. The number of hydrogen-bond acceptors (Lipinski definition) is 2. The fourth-order valence-electron chi connectivity index (χ4n) is 3.22. The number of piperidine rings is 1. The lowest BCUT2D eigenvalue weighted by Gasteiger charge is -2.30. The largest absolute Gasteiger partial charge is 0.350 e. The molecule has 2 unspecified atom stereocenters. The van der Waals surface area contributed by atoms with E-state index in [1.807, 2.05) is 13.8 Å². The molecule has 1 aliphatic rings. The van der Waals surface area contributed by atoms with Crippen molar-refractivity contribution in [1.29, 1.82) is 0 Å². The van der Waals surface area contributed by atoms with Gasteiger partial charge < -0.3 is 10.6 Å². The molecule has 2 atom stereocenters. The van der Waals surface area contributed by atoms with E-state index in [2.05, 4.69) is 36.6 Å². The van der Waals surface area contributed by atoms with Crippen LogP contribution < -0.4 is 10.6 Å².